The van der Waals surface area contributed by atoms with Crippen molar-refractivity contribution in [2.24, 2.45) is 4.99 Å². The zero-order valence-electron chi connectivity index (χ0n) is 14.7. The first-order valence-corrected chi connectivity index (χ1v) is 8.26. The van der Waals surface area contributed by atoms with Gasteiger partial charge in [-0.15, -0.1) is 0 Å². The van der Waals surface area contributed by atoms with Crippen LogP contribution in [0.3, 0.4) is 0 Å². The maximum Gasteiger partial charge on any atom is 0.193 e. The molecule has 128 valence electrons. The molecule has 5 nitrogen and oxygen atoms in total. The second-order valence-electron chi connectivity index (χ2n) is 6.48. The van der Waals surface area contributed by atoms with Gasteiger partial charge in [0.2, 0.25) is 0 Å². The molecule has 0 bridgehead atoms. The van der Waals surface area contributed by atoms with Crippen molar-refractivity contribution >= 4 is 5.96 Å². The van der Waals surface area contributed by atoms with E-state index in [0.717, 1.165) is 44.2 Å². The van der Waals surface area contributed by atoms with Crippen molar-refractivity contribution in [2.75, 3.05) is 33.8 Å². The number of para-hydroxylation sites is 1. The van der Waals surface area contributed by atoms with Crippen LogP contribution >= 0.6 is 0 Å². The molecule has 1 aromatic rings. The highest BCUT2D eigenvalue weighted by Crippen LogP contribution is 2.18. The first kappa shape index (κ1) is 17.6. The minimum absolute atomic E-state index is 0.204. The summed E-state index contributed by atoms with van der Waals surface area (Å²) >= 11 is 0. The Balaban J connectivity index is 1.80. The summed E-state index contributed by atoms with van der Waals surface area (Å²) in [5, 5.41) is 3.40. The van der Waals surface area contributed by atoms with E-state index in [0.29, 0.717) is 0 Å². The van der Waals surface area contributed by atoms with Gasteiger partial charge in [-0.3, -0.25) is 4.99 Å². The van der Waals surface area contributed by atoms with Crippen LogP contribution in [0.5, 0.6) is 5.75 Å². The Hall–Kier alpha value is -1.75. The van der Waals surface area contributed by atoms with E-state index in [-0.39, 0.29) is 11.7 Å². The number of rotatable bonds is 5. The molecule has 0 aliphatic carbocycles. The first-order chi connectivity index (χ1) is 11.0. The molecule has 1 heterocycles. The van der Waals surface area contributed by atoms with Crippen molar-refractivity contribution in [3.05, 3.63) is 30.3 Å². The molecule has 0 amide bonds. The predicted molar refractivity (Wildman–Crippen MR) is 94.1 cm³/mol. The molecule has 1 aromatic carbocycles. The van der Waals surface area contributed by atoms with Gasteiger partial charge >= 0.3 is 0 Å². The summed E-state index contributed by atoms with van der Waals surface area (Å²) in [6, 6.07) is 10.0. The highest BCUT2D eigenvalue weighted by molar-refractivity contribution is 5.80. The smallest absolute Gasteiger partial charge is 0.193 e. The Labute approximate surface area is 139 Å². The molecular weight excluding hydrogens is 290 g/mol. The van der Waals surface area contributed by atoms with Gasteiger partial charge in [-0.25, -0.2) is 0 Å². The number of aliphatic imine (C=N–C) groups is 1. The van der Waals surface area contributed by atoms with Gasteiger partial charge in [0, 0.05) is 46.6 Å². The van der Waals surface area contributed by atoms with E-state index in [1.165, 1.54) is 0 Å². The van der Waals surface area contributed by atoms with Crippen LogP contribution in [0.2, 0.25) is 0 Å². The SMILES string of the molecule is CN=C(NCC(C)(C)OC)N1CCC(Oc2ccccc2)CC1. The summed E-state index contributed by atoms with van der Waals surface area (Å²) < 4.78 is 11.5. The number of benzene rings is 1. The average Bonchev–Trinajstić information content (AvgIpc) is 2.58. The summed E-state index contributed by atoms with van der Waals surface area (Å²) in [6.45, 7) is 6.76. The summed E-state index contributed by atoms with van der Waals surface area (Å²) in [7, 11) is 3.56. The van der Waals surface area contributed by atoms with Crippen molar-refractivity contribution in [2.45, 2.75) is 38.4 Å². The summed E-state index contributed by atoms with van der Waals surface area (Å²) in [4.78, 5) is 6.68. The van der Waals surface area contributed by atoms with Gasteiger partial charge in [-0.05, 0) is 26.0 Å². The Morgan fingerprint density at radius 1 is 1.26 bits per heavy atom. The highest BCUT2D eigenvalue weighted by Gasteiger charge is 2.24. The van der Waals surface area contributed by atoms with E-state index >= 15 is 0 Å². The molecule has 1 fully saturated rings. The molecule has 0 atom stereocenters. The molecule has 2 rings (SSSR count). The number of ether oxygens (including phenoxy) is 2. The van der Waals surface area contributed by atoms with E-state index in [9.17, 15) is 0 Å². The number of likely N-dealkylation sites (tertiary alicyclic amines) is 1. The van der Waals surface area contributed by atoms with Gasteiger partial charge in [0.15, 0.2) is 5.96 Å². The van der Waals surface area contributed by atoms with Crippen LogP contribution in [0.25, 0.3) is 0 Å². The number of hydrogen-bond donors (Lipinski definition) is 1. The third-order valence-corrected chi connectivity index (χ3v) is 4.22. The Morgan fingerprint density at radius 3 is 2.48 bits per heavy atom. The summed E-state index contributed by atoms with van der Waals surface area (Å²) in [6.07, 6.45) is 2.29. The first-order valence-electron chi connectivity index (χ1n) is 8.26. The molecule has 1 aliphatic rings. The van der Waals surface area contributed by atoms with Gasteiger partial charge in [-0.1, -0.05) is 18.2 Å². The maximum absolute atomic E-state index is 6.04. The van der Waals surface area contributed by atoms with Crippen molar-refractivity contribution in [1.29, 1.82) is 0 Å². The van der Waals surface area contributed by atoms with Gasteiger partial charge in [0.05, 0.1) is 5.60 Å². The maximum atomic E-state index is 6.04. The molecule has 0 saturated carbocycles. The highest BCUT2D eigenvalue weighted by atomic mass is 16.5. The molecule has 0 unspecified atom stereocenters. The van der Waals surface area contributed by atoms with E-state index in [2.05, 4.69) is 29.1 Å². The normalized spacial score (nSPS) is 17.2. The van der Waals surface area contributed by atoms with E-state index in [4.69, 9.17) is 9.47 Å². The topological polar surface area (TPSA) is 46.1 Å². The number of piperidine rings is 1. The Kier molecular flexibility index (Phi) is 6.28. The standard InChI is InChI=1S/C18H29N3O2/c1-18(2,22-4)14-20-17(19-3)21-12-10-16(11-13-21)23-15-8-6-5-7-9-15/h5-9,16H,10-14H2,1-4H3,(H,19,20). The molecule has 0 spiro atoms. The predicted octanol–water partition coefficient (Wildman–Crippen LogP) is 2.53. The van der Waals surface area contributed by atoms with Crippen molar-refractivity contribution in [1.82, 2.24) is 10.2 Å². The molecule has 5 heteroatoms. The lowest BCUT2D eigenvalue weighted by Crippen LogP contribution is -2.50. The second kappa shape index (κ2) is 8.20. The summed E-state index contributed by atoms with van der Waals surface area (Å²) in [5.74, 6) is 1.89. The molecule has 23 heavy (non-hydrogen) atoms. The number of nitrogens with one attached hydrogen (secondary N) is 1. The number of guanidine groups is 1. The Bertz CT molecular complexity index is 494. The molecule has 0 aromatic heterocycles. The monoisotopic (exact) mass is 319 g/mol. The fourth-order valence-corrected chi connectivity index (χ4v) is 2.57. The van der Waals surface area contributed by atoms with Crippen LogP contribution in [-0.4, -0.2) is 56.4 Å². The van der Waals surface area contributed by atoms with Gasteiger partial charge in [0.1, 0.15) is 11.9 Å². The zero-order valence-corrected chi connectivity index (χ0v) is 14.7. The van der Waals surface area contributed by atoms with Gasteiger partial charge in [0.25, 0.3) is 0 Å². The fraction of sp³-hybridized carbons (Fsp3) is 0.611. The van der Waals surface area contributed by atoms with E-state index in [1.54, 1.807) is 7.11 Å². The molecular formula is C18H29N3O2. The summed E-state index contributed by atoms with van der Waals surface area (Å²) in [5.41, 5.74) is -0.204. The lowest BCUT2D eigenvalue weighted by atomic mass is 10.1. The van der Waals surface area contributed by atoms with E-state index in [1.807, 2.05) is 37.4 Å². The van der Waals surface area contributed by atoms with Crippen molar-refractivity contribution in [3.8, 4) is 5.75 Å². The van der Waals surface area contributed by atoms with Crippen LogP contribution in [0.15, 0.2) is 35.3 Å². The quantitative estimate of drug-likeness (QED) is 0.669. The third kappa shape index (κ3) is 5.43. The lowest BCUT2D eigenvalue weighted by molar-refractivity contribution is 0.0260. The second-order valence-corrected chi connectivity index (χ2v) is 6.48. The molecule has 1 N–H and O–H groups in total. The molecule has 0 radical (unpaired) electrons. The van der Waals surface area contributed by atoms with Crippen molar-refractivity contribution in [3.63, 3.8) is 0 Å². The molecule has 1 aliphatic heterocycles. The van der Waals surface area contributed by atoms with Crippen molar-refractivity contribution < 1.29 is 9.47 Å². The third-order valence-electron chi connectivity index (χ3n) is 4.22. The average molecular weight is 319 g/mol. The largest absolute Gasteiger partial charge is 0.490 e. The minimum atomic E-state index is -0.204. The van der Waals surface area contributed by atoms with Crippen LogP contribution < -0.4 is 10.1 Å². The van der Waals surface area contributed by atoms with Crippen LogP contribution in [0, 0.1) is 0 Å². The van der Waals surface area contributed by atoms with E-state index < -0.39 is 0 Å². The zero-order chi connectivity index (χ0) is 16.7. The lowest BCUT2D eigenvalue weighted by Gasteiger charge is -2.35. The fourth-order valence-electron chi connectivity index (χ4n) is 2.57. The number of methoxy groups -OCH3 is 1. The van der Waals surface area contributed by atoms with Gasteiger partial charge in [-0.2, -0.15) is 0 Å². The van der Waals surface area contributed by atoms with Crippen LogP contribution in [0.1, 0.15) is 26.7 Å². The van der Waals surface area contributed by atoms with Crippen LogP contribution in [-0.2, 0) is 4.74 Å². The Morgan fingerprint density at radius 2 is 1.91 bits per heavy atom. The minimum Gasteiger partial charge on any atom is -0.490 e. The number of nitrogens with zero attached hydrogens (tertiary/aromatic N) is 2. The molecule has 1 saturated heterocycles. The number of hydrogen-bond acceptors (Lipinski definition) is 3. The van der Waals surface area contributed by atoms with Gasteiger partial charge < -0.3 is 19.7 Å². The van der Waals surface area contributed by atoms with Crippen LogP contribution in [0.4, 0.5) is 0 Å².